The van der Waals surface area contributed by atoms with E-state index in [-0.39, 0.29) is 41.4 Å². The molecule has 174 valence electrons. The van der Waals surface area contributed by atoms with Gasteiger partial charge in [-0.2, -0.15) is 0 Å². The van der Waals surface area contributed by atoms with Gasteiger partial charge >= 0.3 is 0 Å². The molecule has 4 aliphatic rings. The topological polar surface area (TPSA) is 70.2 Å². The van der Waals surface area contributed by atoms with Crippen molar-refractivity contribution in [2.45, 2.75) is 6.42 Å². The number of imide groups is 1. The Morgan fingerprint density at radius 1 is 0.882 bits per heavy atom. The lowest BCUT2D eigenvalue weighted by atomic mass is 9.85. The third-order valence-corrected chi connectivity index (χ3v) is 7.81. The van der Waals surface area contributed by atoms with Crippen LogP contribution in [0.15, 0.2) is 60.7 Å². The van der Waals surface area contributed by atoms with Crippen LogP contribution in [0.2, 0.25) is 0 Å². The highest BCUT2D eigenvalue weighted by Crippen LogP contribution is 2.53. The molecule has 0 spiro atoms. The summed E-state index contributed by atoms with van der Waals surface area (Å²) in [6.07, 6.45) is 5.08. The number of carbonyl (C=O) groups excluding carboxylic acids is 3. The molecular formula is C27H27N3O4. The minimum Gasteiger partial charge on any atom is -0.495 e. The van der Waals surface area contributed by atoms with Gasteiger partial charge in [0.2, 0.25) is 11.8 Å². The molecule has 2 aliphatic carbocycles. The number of anilines is 2. The summed E-state index contributed by atoms with van der Waals surface area (Å²) in [7, 11) is 1.66. The summed E-state index contributed by atoms with van der Waals surface area (Å²) in [5.74, 6) is 0.339. The van der Waals surface area contributed by atoms with Crippen molar-refractivity contribution in [2.75, 3.05) is 43.1 Å². The van der Waals surface area contributed by atoms with Gasteiger partial charge in [0.15, 0.2) is 0 Å². The number of hydrogen-bond acceptors (Lipinski definition) is 5. The standard InChI is InChI=1S/C27H27N3O4/c1-34-22-8-3-2-7-21(22)28-11-13-29(14-12-28)25(31)19-5-4-6-20(16-19)30-26(32)23-17-9-10-18(15-17)24(23)27(30)33/h2-10,16-18,23-24H,11-15H2,1H3/t17-,18-,23-,24-/m0/s1. The predicted octanol–water partition coefficient (Wildman–Crippen LogP) is 2.97. The smallest absolute Gasteiger partial charge is 0.254 e. The van der Waals surface area contributed by atoms with Crippen molar-refractivity contribution < 1.29 is 19.1 Å². The van der Waals surface area contributed by atoms with Crippen LogP contribution in [0.5, 0.6) is 5.75 Å². The van der Waals surface area contributed by atoms with Gasteiger partial charge in [0.05, 0.1) is 30.3 Å². The first kappa shape index (κ1) is 21.0. The lowest BCUT2D eigenvalue weighted by molar-refractivity contribution is -0.123. The fraction of sp³-hybridized carbons (Fsp3) is 0.370. The molecule has 4 atom stereocenters. The quantitative estimate of drug-likeness (QED) is 0.522. The highest BCUT2D eigenvalue weighted by Gasteiger charge is 2.59. The first-order valence-corrected chi connectivity index (χ1v) is 11.9. The lowest BCUT2D eigenvalue weighted by Crippen LogP contribution is -2.48. The maximum Gasteiger partial charge on any atom is 0.254 e. The predicted molar refractivity (Wildman–Crippen MR) is 128 cm³/mol. The van der Waals surface area contributed by atoms with E-state index in [1.165, 1.54) is 4.90 Å². The number of nitrogens with zero attached hydrogens (tertiary/aromatic N) is 3. The monoisotopic (exact) mass is 457 g/mol. The molecule has 34 heavy (non-hydrogen) atoms. The molecule has 7 heteroatoms. The summed E-state index contributed by atoms with van der Waals surface area (Å²) in [6, 6.07) is 14.9. The Morgan fingerprint density at radius 2 is 1.56 bits per heavy atom. The van der Waals surface area contributed by atoms with E-state index in [1.807, 2.05) is 29.2 Å². The van der Waals surface area contributed by atoms with Gasteiger partial charge in [-0.25, -0.2) is 4.90 Å². The number of benzene rings is 2. The maximum absolute atomic E-state index is 13.3. The molecule has 6 rings (SSSR count). The number of fused-ring (bicyclic) bond motifs is 5. The lowest BCUT2D eigenvalue weighted by Gasteiger charge is -2.36. The third-order valence-electron chi connectivity index (χ3n) is 7.81. The van der Waals surface area contributed by atoms with E-state index in [4.69, 9.17) is 4.74 Å². The molecule has 0 aromatic heterocycles. The average molecular weight is 458 g/mol. The van der Waals surface area contributed by atoms with Crippen molar-refractivity contribution in [3.63, 3.8) is 0 Å². The Hall–Kier alpha value is -3.61. The summed E-state index contributed by atoms with van der Waals surface area (Å²) in [6.45, 7) is 2.58. The van der Waals surface area contributed by atoms with Gasteiger partial charge in [-0.15, -0.1) is 0 Å². The Labute approximate surface area is 198 Å². The van der Waals surface area contributed by atoms with Crippen molar-refractivity contribution in [1.82, 2.24) is 4.90 Å². The van der Waals surface area contributed by atoms with Crippen LogP contribution in [-0.4, -0.2) is 55.9 Å². The Balaban J connectivity index is 1.17. The summed E-state index contributed by atoms with van der Waals surface area (Å²) in [4.78, 5) is 45.0. The second-order valence-electron chi connectivity index (χ2n) is 9.51. The molecule has 2 heterocycles. The van der Waals surface area contributed by atoms with Gasteiger partial charge in [0, 0.05) is 31.7 Å². The number of carbonyl (C=O) groups is 3. The van der Waals surface area contributed by atoms with Crippen LogP contribution in [-0.2, 0) is 9.59 Å². The highest BCUT2D eigenvalue weighted by atomic mass is 16.5. The van der Waals surface area contributed by atoms with E-state index in [1.54, 1.807) is 31.4 Å². The first-order chi connectivity index (χ1) is 16.6. The van der Waals surface area contributed by atoms with Crippen LogP contribution in [0.1, 0.15) is 16.8 Å². The fourth-order valence-corrected chi connectivity index (χ4v) is 6.16. The number of amides is 3. The van der Waals surface area contributed by atoms with Gasteiger partial charge in [-0.1, -0.05) is 30.4 Å². The van der Waals surface area contributed by atoms with Crippen LogP contribution in [0.3, 0.4) is 0 Å². The summed E-state index contributed by atoms with van der Waals surface area (Å²) in [5.41, 5.74) is 2.03. The van der Waals surface area contributed by atoms with Crippen molar-refractivity contribution >= 4 is 29.1 Å². The zero-order valence-corrected chi connectivity index (χ0v) is 19.1. The molecule has 2 aromatic rings. The number of rotatable bonds is 4. The minimum absolute atomic E-state index is 0.0810. The normalized spacial score (nSPS) is 27.5. The number of allylic oxidation sites excluding steroid dienone is 2. The summed E-state index contributed by atoms with van der Waals surface area (Å²) in [5, 5.41) is 0. The third kappa shape index (κ3) is 3.14. The number of methoxy groups -OCH3 is 1. The van der Waals surface area contributed by atoms with Gasteiger partial charge in [0.25, 0.3) is 5.91 Å². The molecule has 3 fully saturated rings. The van der Waals surface area contributed by atoms with Crippen LogP contribution < -0.4 is 14.5 Å². The van der Waals surface area contributed by atoms with E-state index in [0.29, 0.717) is 37.4 Å². The molecule has 1 saturated carbocycles. The molecular weight excluding hydrogens is 430 g/mol. The van der Waals surface area contributed by atoms with Crippen LogP contribution in [0.4, 0.5) is 11.4 Å². The number of para-hydroxylation sites is 2. The van der Waals surface area contributed by atoms with E-state index in [9.17, 15) is 14.4 Å². The van der Waals surface area contributed by atoms with Crippen LogP contribution in [0, 0.1) is 23.7 Å². The number of ether oxygens (including phenoxy) is 1. The summed E-state index contributed by atoms with van der Waals surface area (Å²) >= 11 is 0. The van der Waals surface area contributed by atoms with E-state index >= 15 is 0 Å². The van der Waals surface area contributed by atoms with Crippen molar-refractivity contribution in [3.05, 3.63) is 66.2 Å². The first-order valence-electron chi connectivity index (χ1n) is 11.9. The maximum atomic E-state index is 13.3. The largest absolute Gasteiger partial charge is 0.495 e. The van der Waals surface area contributed by atoms with Crippen molar-refractivity contribution in [1.29, 1.82) is 0 Å². The van der Waals surface area contributed by atoms with Crippen LogP contribution in [0.25, 0.3) is 0 Å². The van der Waals surface area contributed by atoms with Crippen molar-refractivity contribution in [2.24, 2.45) is 23.7 Å². The van der Waals surface area contributed by atoms with Gasteiger partial charge in [-0.05, 0) is 48.6 Å². The molecule has 2 aromatic carbocycles. The fourth-order valence-electron chi connectivity index (χ4n) is 6.16. The molecule has 3 amide bonds. The molecule has 2 saturated heterocycles. The second kappa shape index (κ2) is 8.01. The van der Waals surface area contributed by atoms with E-state index in [2.05, 4.69) is 17.1 Å². The Bertz CT molecular complexity index is 1170. The minimum atomic E-state index is -0.245. The molecule has 2 bridgehead atoms. The Morgan fingerprint density at radius 3 is 2.24 bits per heavy atom. The zero-order valence-electron chi connectivity index (χ0n) is 19.1. The summed E-state index contributed by atoms with van der Waals surface area (Å²) < 4.78 is 5.48. The second-order valence-corrected chi connectivity index (χ2v) is 9.51. The SMILES string of the molecule is COc1ccccc1N1CCN(C(=O)c2cccc(N3C(=O)[C@@H]4[C@@H](C3=O)[C@H]3C=C[C@H]4C3)c2)CC1. The van der Waals surface area contributed by atoms with Crippen LogP contribution >= 0.6 is 0 Å². The number of piperazine rings is 1. The average Bonchev–Trinajstić information content (AvgIpc) is 3.57. The van der Waals surface area contributed by atoms with Gasteiger partial charge < -0.3 is 14.5 Å². The molecule has 0 radical (unpaired) electrons. The zero-order chi connectivity index (χ0) is 23.4. The molecule has 7 nitrogen and oxygen atoms in total. The highest BCUT2D eigenvalue weighted by molar-refractivity contribution is 6.23. The van der Waals surface area contributed by atoms with E-state index < -0.39 is 0 Å². The van der Waals surface area contributed by atoms with Crippen molar-refractivity contribution in [3.8, 4) is 5.75 Å². The van der Waals surface area contributed by atoms with Gasteiger partial charge in [0.1, 0.15) is 5.75 Å². The molecule has 0 unspecified atom stereocenters. The number of hydrogen-bond donors (Lipinski definition) is 0. The molecule has 0 N–H and O–H groups in total. The van der Waals surface area contributed by atoms with Gasteiger partial charge in [-0.3, -0.25) is 14.4 Å². The Kier molecular flexibility index (Phi) is 4.94. The molecule has 2 aliphatic heterocycles. The van der Waals surface area contributed by atoms with E-state index in [0.717, 1.165) is 17.9 Å².